The minimum absolute atomic E-state index is 0.0554. The summed E-state index contributed by atoms with van der Waals surface area (Å²) in [6, 6.07) is 17.9. The van der Waals surface area contributed by atoms with Gasteiger partial charge in [0.25, 0.3) is 5.91 Å². The van der Waals surface area contributed by atoms with E-state index in [1.807, 2.05) is 61.5 Å². The van der Waals surface area contributed by atoms with Gasteiger partial charge in [-0.3, -0.25) is 9.89 Å². The molecule has 4 rings (SSSR count). The van der Waals surface area contributed by atoms with E-state index in [0.717, 1.165) is 36.9 Å². The fraction of sp³-hybridized carbons (Fsp3) is 0.385. The summed E-state index contributed by atoms with van der Waals surface area (Å²) >= 11 is 6.22. The number of carbonyl (C=O) groups is 1. The fourth-order valence-corrected chi connectivity index (χ4v) is 4.86. The predicted molar refractivity (Wildman–Crippen MR) is 127 cm³/mol. The molecule has 1 unspecified atom stereocenters. The van der Waals surface area contributed by atoms with Gasteiger partial charge in [-0.2, -0.15) is 5.10 Å². The van der Waals surface area contributed by atoms with E-state index in [1.165, 1.54) is 5.56 Å². The number of H-pyrrole nitrogens is 1. The van der Waals surface area contributed by atoms with Gasteiger partial charge in [-0.05, 0) is 67.7 Å². The molecular weight excluding hydrogens is 422 g/mol. The number of carbonyl (C=O) groups excluding carboxylic acids is 1. The first-order valence-corrected chi connectivity index (χ1v) is 11.6. The van der Waals surface area contributed by atoms with Crippen LogP contribution >= 0.6 is 11.6 Å². The molecule has 0 radical (unpaired) electrons. The summed E-state index contributed by atoms with van der Waals surface area (Å²) in [6.45, 7) is 2.21. The van der Waals surface area contributed by atoms with Crippen molar-refractivity contribution in [1.29, 1.82) is 0 Å². The van der Waals surface area contributed by atoms with Crippen molar-refractivity contribution in [3.05, 3.63) is 87.7 Å². The Hall–Kier alpha value is -2.63. The molecule has 1 amide bonds. The van der Waals surface area contributed by atoms with E-state index < -0.39 is 0 Å². The number of aliphatic hydroxyl groups is 1. The molecular formula is C26H30ClN3O2. The average molecular weight is 452 g/mol. The number of aryl methyl sites for hydroxylation is 1. The smallest absolute Gasteiger partial charge is 0.253 e. The Balaban J connectivity index is 1.32. The lowest BCUT2D eigenvalue weighted by Gasteiger charge is -2.19. The number of amides is 1. The van der Waals surface area contributed by atoms with Crippen LogP contribution in [-0.4, -0.2) is 33.2 Å². The van der Waals surface area contributed by atoms with Crippen molar-refractivity contribution in [1.82, 2.24) is 15.1 Å². The number of benzene rings is 2. The van der Waals surface area contributed by atoms with Crippen LogP contribution in [0.1, 0.15) is 58.2 Å². The minimum Gasteiger partial charge on any atom is -0.388 e. The second kappa shape index (κ2) is 9.88. The number of nitrogens with zero attached hydrogens (tertiary/aromatic N) is 2. The van der Waals surface area contributed by atoms with Gasteiger partial charge in [0.05, 0.1) is 23.4 Å². The summed E-state index contributed by atoms with van der Waals surface area (Å²) in [5, 5.41) is 18.3. The molecule has 6 heteroatoms. The Labute approximate surface area is 194 Å². The SMILES string of the molecule is Cc1[nH]nc(CN(C)C(=O)c2ccc(CC3CC[C@H]([C@H](O)c4ccccc4)C3)cc2)c1Cl. The molecule has 3 aromatic rings. The second-order valence-corrected chi connectivity index (χ2v) is 9.34. The fourth-order valence-electron chi connectivity index (χ4n) is 4.71. The van der Waals surface area contributed by atoms with E-state index >= 15 is 0 Å². The summed E-state index contributed by atoms with van der Waals surface area (Å²) in [7, 11) is 1.76. The first kappa shape index (κ1) is 22.6. The van der Waals surface area contributed by atoms with E-state index in [4.69, 9.17) is 11.6 Å². The molecule has 5 nitrogen and oxygen atoms in total. The van der Waals surface area contributed by atoms with Crippen LogP contribution in [0.2, 0.25) is 5.02 Å². The van der Waals surface area contributed by atoms with Gasteiger partial charge in [0.15, 0.2) is 0 Å². The number of hydrogen-bond donors (Lipinski definition) is 2. The molecule has 32 heavy (non-hydrogen) atoms. The maximum Gasteiger partial charge on any atom is 0.253 e. The number of halogens is 1. The van der Waals surface area contributed by atoms with Crippen molar-refractivity contribution in [2.45, 2.75) is 45.3 Å². The van der Waals surface area contributed by atoms with Crippen LogP contribution in [-0.2, 0) is 13.0 Å². The molecule has 2 N–H and O–H groups in total. The molecule has 1 aliphatic carbocycles. The molecule has 0 aliphatic heterocycles. The first-order valence-electron chi connectivity index (χ1n) is 11.2. The summed E-state index contributed by atoms with van der Waals surface area (Å²) < 4.78 is 0. The largest absolute Gasteiger partial charge is 0.388 e. The molecule has 0 bridgehead atoms. The monoisotopic (exact) mass is 451 g/mol. The summed E-state index contributed by atoms with van der Waals surface area (Å²) in [6.07, 6.45) is 3.80. The van der Waals surface area contributed by atoms with Crippen LogP contribution in [0.5, 0.6) is 0 Å². The molecule has 3 atom stereocenters. The summed E-state index contributed by atoms with van der Waals surface area (Å²) in [4.78, 5) is 14.4. The van der Waals surface area contributed by atoms with E-state index in [2.05, 4.69) is 10.2 Å². The van der Waals surface area contributed by atoms with Crippen LogP contribution in [0.25, 0.3) is 0 Å². The zero-order valence-electron chi connectivity index (χ0n) is 18.6. The molecule has 1 heterocycles. The summed E-state index contributed by atoms with van der Waals surface area (Å²) in [5.41, 5.74) is 4.37. The number of aliphatic hydroxyl groups excluding tert-OH is 1. The Bertz CT molecular complexity index is 1050. The highest BCUT2D eigenvalue weighted by molar-refractivity contribution is 6.31. The Kier molecular flexibility index (Phi) is 6.97. The third-order valence-corrected chi connectivity index (χ3v) is 7.07. The Morgan fingerprint density at radius 2 is 1.91 bits per heavy atom. The van der Waals surface area contributed by atoms with Gasteiger partial charge in [-0.15, -0.1) is 0 Å². The highest BCUT2D eigenvalue weighted by atomic mass is 35.5. The topological polar surface area (TPSA) is 69.2 Å². The molecule has 0 saturated heterocycles. The number of hydrogen-bond acceptors (Lipinski definition) is 3. The van der Waals surface area contributed by atoms with Crippen molar-refractivity contribution in [2.24, 2.45) is 11.8 Å². The molecule has 0 spiro atoms. The van der Waals surface area contributed by atoms with Crippen molar-refractivity contribution < 1.29 is 9.90 Å². The number of aromatic nitrogens is 2. The summed E-state index contributed by atoms with van der Waals surface area (Å²) in [5.74, 6) is 0.822. The van der Waals surface area contributed by atoms with Crippen molar-refractivity contribution >= 4 is 17.5 Å². The highest BCUT2D eigenvalue weighted by Gasteiger charge is 2.30. The van der Waals surface area contributed by atoms with Gasteiger partial charge in [0.1, 0.15) is 5.69 Å². The lowest BCUT2D eigenvalue weighted by molar-refractivity contribution is 0.0783. The zero-order valence-corrected chi connectivity index (χ0v) is 19.3. The predicted octanol–water partition coefficient (Wildman–Crippen LogP) is 5.34. The van der Waals surface area contributed by atoms with Crippen LogP contribution in [0, 0.1) is 18.8 Å². The number of rotatable bonds is 7. The van der Waals surface area contributed by atoms with Crippen molar-refractivity contribution in [3.63, 3.8) is 0 Å². The molecule has 1 fully saturated rings. The standard InChI is InChI=1S/C26H30ClN3O2/c1-17-24(27)23(29-28-17)16-30(2)26(32)21-11-8-18(9-12-21)14-19-10-13-22(15-19)25(31)20-6-4-3-5-7-20/h3-9,11-12,19,22,25,31H,10,13-16H2,1-2H3,(H,28,29)/t19?,22-,25+/m0/s1. The average Bonchev–Trinajstić information content (AvgIpc) is 3.41. The minimum atomic E-state index is -0.386. The third kappa shape index (κ3) is 5.05. The molecule has 1 aromatic heterocycles. The maximum atomic E-state index is 12.8. The van der Waals surface area contributed by atoms with Gasteiger partial charge < -0.3 is 10.0 Å². The highest BCUT2D eigenvalue weighted by Crippen LogP contribution is 2.40. The van der Waals surface area contributed by atoms with Crippen LogP contribution in [0.3, 0.4) is 0 Å². The van der Waals surface area contributed by atoms with E-state index in [0.29, 0.717) is 34.7 Å². The lowest BCUT2D eigenvalue weighted by Crippen LogP contribution is -2.26. The molecule has 1 aliphatic rings. The third-order valence-electron chi connectivity index (χ3n) is 6.57. The van der Waals surface area contributed by atoms with E-state index in [1.54, 1.807) is 11.9 Å². The Morgan fingerprint density at radius 1 is 1.19 bits per heavy atom. The van der Waals surface area contributed by atoms with Gasteiger partial charge >= 0.3 is 0 Å². The molecule has 168 valence electrons. The normalized spacial score (nSPS) is 19.1. The zero-order chi connectivity index (χ0) is 22.7. The second-order valence-electron chi connectivity index (χ2n) is 8.97. The first-order chi connectivity index (χ1) is 15.4. The lowest BCUT2D eigenvalue weighted by atomic mass is 9.91. The van der Waals surface area contributed by atoms with E-state index in [-0.39, 0.29) is 12.0 Å². The number of nitrogens with one attached hydrogen (secondary N) is 1. The quantitative estimate of drug-likeness (QED) is 0.509. The van der Waals surface area contributed by atoms with Crippen molar-refractivity contribution in [2.75, 3.05) is 7.05 Å². The van der Waals surface area contributed by atoms with Crippen LogP contribution in [0.15, 0.2) is 54.6 Å². The van der Waals surface area contributed by atoms with Crippen LogP contribution in [0.4, 0.5) is 0 Å². The van der Waals surface area contributed by atoms with Gasteiger partial charge in [-0.25, -0.2) is 0 Å². The molecule has 1 saturated carbocycles. The Morgan fingerprint density at radius 3 is 2.56 bits per heavy atom. The maximum absolute atomic E-state index is 12.8. The van der Waals surface area contributed by atoms with E-state index in [9.17, 15) is 9.90 Å². The molecule has 2 aromatic carbocycles. The van der Waals surface area contributed by atoms with Gasteiger partial charge in [0, 0.05) is 12.6 Å². The van der Waals surface area contributed by atoms with Crippen LogP contribution < -0.4 is 0 Å². The number of aromatic amines is 1. The van der Waals surface area contributed by atoms with Gasteiger partial charge in [0.2, 0.25) is 0 Å². The van der Waals surface area contributed by atoms with Crippen molar-refractivity contribution in [3.8, 4) is 0 Å². The van der Waals surface area contributed by atoms with Gasteiger partial charge in [-0.1, -0.05) is 54.1 Å².